The third-order valence-electron chi connectivity index (χ3n) is 2.98. The van der Waals surface area contributed by atoms with Gasteiger partial charge in [0.15, 0.2) is 0 Å². The summed E-state index contributed by atoms with van der Waals surface area (Å²) in [7, 11) is 0. The van der Waals surface area contributed by atoms with Crippen LogP contribution in [0.5, 0.6) is 0 Å². The summed E-state index contributed by atoms with van der Waals surface area (Å²) >= 11 is 3.35. The van der Waals surface area contributed by atoms with Gasteiger partial charge in [0.05, 0.1) is 24.1 Å². The Morgan fingerprint density at radius 2 is 2.35 bits per heavy atom. The molecule has 1 fully saturated rings. The van der Waals surface area contributed by atoms with Crippen LogP contribution in [0.25, 0.3) is 0 Å². The largest absolute Gasteiger partial charge is 0.379 e. The molecule has 1 amide bonds. The number of amides is 1. The monoisotopic (exact) mass is 343 g/mol. The van der Waals surface area contributed by atoms with E-state index in [-0.39, 0.29) is 11.9 Å². The highest BCUT2D eigenvalue weighted by Crippen LogP contribution is 2.18. The first-order chi connectivity index (χ1) is 9.66. The number of nitrogen functional groups attached to an aromatic ring is 1. The average Bonchev–Trinajstić information content (AvgIpc) is 2.63. The average molecular weight is 344 g/mol. The molecule has 0 unspecified atom stereocenters. The van der Waals surface area contributed by atoms with Gasteiger partial charge >= 0.3 is 0 Å². The van der Waals surface area contributed by atoms with Crippen LogP contribution in [0, 0.1) is 0 Å². The molecule has 2 heterocycles. The molecular formula is C12H18BrN5O2. The normalized spacial score (nSPS) is 16.1. The van der Waals surface area contributed by atoms with Crippen LogP contribution in [-0.2, 0) is 9.53 Å². The van der Waals surface area contributed by atoms with Gasteiger partial charge in [-0.25, -0.2) is 4.98 Å². The van der Waals surface area contributed by atoms with Crippen molar-refractivity contribution in [2.24, 2.45) is 0 Å². The van der Waals surface area contributed by atoms with Crippen molar-refractivity contribution in [3.05, 3.63) is 10.7 Å². The second-order valence-corrected chi connectivity index (χ2v) is 5.30. The van der Waals surface area contributed by atoms with Gasteiger partial charge in [-0.15, -0.1) is 0 Å². The van der Waals surface area contributed by atoms with Crippen molar-refractivity contribution in [3.8, 4) is 0 Å². The van der Waals surface area contributed by atoms with Crippen molar-refractivity contribution in [3.63, 3.8) is 0 Å². The van der Waals surface area contributed by atoms with Gasteiger partial charge in [0.1, 0.15) is 5.82 Å². The number of anilines is 2. The summed E-state index contributed by atoms with van der Waals surface area (Å²) in [5, 5.41) is 3.18. The second-order valence-electron chi connectivity index (χ2n) is 4.45. The Kier molecular flexibility index (Phi) is 5.54. The van der Waals surface area contributed by atoms with E-state index in [9.17, 15) is 4.79 Å². The zero-order valence-electron chi connectivity index (χ0n) is 11.1. The number of carbonyl (C=O) groups is 1. The highest BCUT2D eigenvalue weighted by atomic mass is 79.9. The minimum Gasteiger partial charge on any atom is -0.379 e. The lowest BCUT2D eigenvalue weighted by molar-refractivity contribution is -0.130. The smallest absolute Gasteiger partial charge is 0.224 e. The molecule has 1 aromatic rings. The third-order valence-corrected chi connectivity index (χ3v) is 3.56. The van der Waals surface area contributed by atoms with Crippen LogP contribution in [0.4, 0.5) is 11.8 Å². The van der Waals surface area contributed by atoms with Crippen LogP contribution < -0.4 is 11.1 Å². The molecule has 0 atom stereocenters. The van der Waals surface area contributed by atoms with Gasteiger partial charge in [0, 0.05) is 25.8 Å². The Morgan fingerprint density at radius 3 is 3.20 bits per heavy atom. The van der Waals surface area contributed by atoms with Gasteiger partial charge in [-0.3, -0.25) is 4.79 Å². The molecule has 0 aromatic carbocycles. The van der Waals surface area contributed by atoms with Crippen molar-refractivity contribution in [1.29, 1.82) is 0 Å². The van der Waals surface area contributed by atoms with Gasteiger partial charge in [-0.1, -0.05) is 0 Å². The van der Waals surface area contributed by atoms with Gasteiger partial charge in [0.25, 0.3) is 0 Å². The zero-order chi connectivity index (χ0) is 14.4. The van der Waals surface area contributed by atoms with Crippen LogP contribution in [0.3, 0.4) is 0 Å². The van der Waals surface area contributed by atoms with Gasteiger partial charge < -0.3 is 20.7 Å². The van der Waals surface area contributed by atoms with E-state index >= 15 is 0 Å². The summed E-state index contributed by atoms with van der Waals surface area (Å²) in [5.74, 6) is 1.06. The Labute approximate surface area is 126 Å². The molecular weight excluding hydrogens is 326 g/mol. The van der Waals surface area contributed by atoms with E-state index in [1.807, 2.05) is 4.90 Å². The lowest BCUT2D eigenvalue weighted by Gasteiger charge is -2.19. The molecule has 3 N–H and O–H groups in total. The van der Waals surface area contributed by atoms with E-state index in [4.69, 9.17) is 10.5 Å². The number of nitrogens with one attached hydrogen (secondary N) is 1. The lowest BCUT2D eigenvalue weighted by atomic mass is 10.3. The summed E-state index contributed by atoms with van der Waals surface area (Å²) in [6.45, 7) is 3.24. The number of aromatic nitrogens is 2. The summed E-state index contributed by atoms with van der Waals surface area (Å²) < 4.78 is 6.05. The summed E-state index contributed by atoms with van der Waals surface area (Å²) in [6.07, 6.45) is 2.92. The number of nitrogens with two attached hydrogens (primary N) is 1. The predicted octanol–water partition coefficient (Wildman–Crippen LogP) is 0.872. The van der Waals surface area contributed by atoms with Crippen LogP contribution >= 0.6 is 15.9 Å². The van der Waals surface area contributed by atoms with Crippen molar-refractivity contribution in [2.75, 3.05) is 43.9 Å². The topological polar surface area (TPSA) is 93.4 Å². The fourth-order valence-corrected chi connectivity index (χ4v) is 2.27. The Hall–Kier alpha value is -1.41. The molecule has 2 rings (SSSR count). The van der Waals surface area contributed by atoms with Gasteiger partial charge in [0.2, 0.25) is 11.9 Å². The first-order valence-electron chi connectivity index (χ1n) is 6.54. The van der Waals surface area contributed by atoms with Crippen molar-refractivity contribution in [1.82, 2.24) is 14.9 Å². The van der Waals surface area contributed by atoms with Crippen LogP contribution in [-0.4, -0.2) is 53.6 Å². The molecule has 8 heteroatoms. The van der Waals surface area contributed by atoms with E-state index in [0.29, 0.717) is 45.1 Å². The summed E-state index contributed by atoms with van der Waals surface area (Å²) in [4.78, 5) is 21.6. The zero-order valence-corrected chi connectivity index (χ0v) is 12.7. The van der Waals surface area contributed by atoms with Crippen molar-refractivity contribution in [2.45, 2.75) is 12.8 Å². The van der Waals surface area contributed by atoms with E-state index < -0.39 is 0 Å². The SMILES string of the molecule is Nc1ncc(Br)c(NCCCN2CCOCCC2=O)n1. The molecule has 0 spiro atoms. The quantitative estimate of drug-likeness (QED) is 0.770. The molecule has 0 aliphatic carbocycles. The highest BCUT2D eigenvalue weighted by molar-refractivity contribution is 9.10. The molecule has 0 radical (unpaired) electrons. The molecule has 110 valence electrons. The van der Waals surface area contributed by atoms with E-state index in [0.717, 1.165) is 10.9 Å². The Balaban J connectivity index is 1.75. The summed E-state index contributed by atoms with van der Waals surface area (Å²) in [5.41, 5.74) is 5.53. The minimum atomic E-state index is 0.162. The molecule has 0 bridgehead atoms. The lowest BCUT2D eigenvalue weighted by Crippen LogP contribution is -2.33. The van der Waals surface area contributed by atoms with Crippen LogP contribution in [0.2, 0.25) is 0 Å². The molecule has 20 heavy (non-hydrogen) atoms. The number of hydrogen-bond acceptors (Lipinski definition) is 6. The first kappa shape index (κ1) is 15.0. The molecule has 0 saturated carbocycles. The number of rotatable bonds is 5. The molecule has 1 aliphatic heterocycles. The predicted molar refractivity (Wildman–Crippen MR) is 79.3 cm³/mol. The van der Waals surface area contributed by atoms with Gasteiger partial charge in [-0.05, 0) is 22.4 Å². The number of hydrogen-bond donors (Lipinski definition) is 2. The molecule has 1 aromatic heterocycles. The number of halogens is 1. The fourth-order valence-electron chi connectivity index (χ4n) is 1.94. The number of carbonyl (C=O) groups excluding carboxylic acids is 1. The number of nitrogens with zero attached hydrogens (tertiary/aromatic N) is 3. The highest BCUT2D eigenvalue weighted by Gasteiger charge is 2.15. The second kappa shape index (κ2) is 7.39. The maximum atomic E-state index is 11.8. The molecule has 7 nitrogen and oxygen atoms in total. The van der Waals surface area contributed by atoms with Crippen LogP contribution in [0.1, 0.15) is 12.8 Å². The molecule has 1 saturated heterocycles. The maximum absolute atomic E-state index is 11.8. The van der Waals surface area contributed by atoms with E-state index in [1.165, 1.54) is 0 Å². The van der Waals surface area contributed by atoms with E-state index in [1.54, 1.807) is 6.20 Å². The molecule has 1 aliphatic rings. The summed E-state index contributed by atoms with van der Waals surface area (Å²) in [6, 6.07) is 0. The number of ether oxygens (including phenoxy) is 1. The van der Waals surface area contributed by atoms with Crippen molar-refractivity contribution >= 4 is 33.6 Å². The Bertz CT molecular complexity index is 471. The standard InChI is InChI=1S/C12H18BrN5O2/c13-9-8-16-12(14)17-11(9)15-3-1-4-18-5-7-20-6-2-10(18)19/h8H,1-7H2,(H3,14,15,16,17). The minimum absolute atomic E-state index is 0.162. The maximum Gasteiger partial charge on any atom is 0.224 e. The van der Waals surface area contributed by atoms with E-state index in [2.05, 4.69) is 31.2 Å². The Morgan fingerprint density at radius 1 is 1.50 bits per heavy atom. The fraction of sp³-hybridized carbons (Fsp3) is 0.583. The first-order valence-corrected chi connectivity index (χ1v) is 7.33. The van der Waals surface area contributed by atoms with Gasteiger partial charge in [-0.2, -0.15) is 4.98 Å². The van der Waals surface area contributed by atoms with Crippen LogP contribution in [0.15, 0.2) is 10.7 Å². The third kappa shape index (κ3) is 4.31. The van der Waals surface area contributed by atoms with Crippen molar-refractivity contribution < 1.29 is 9.53 Å².